The van der Waals surface area contributed by atoms with Gasteiger partial charge >= 0.3 is 6.03 Å². The van der Waals surface area contributed by atoms with E-state index in [-0.39, 0.29) is 11.4 Å². The van der Waals surface area contributed by atoms with Gasteiger partial charge in [0.25, 0.3) is 0 Å². The van der Waals surface area contributed by atoms with Crippen molar-refractivity contribution in [2.45, 2.75) is 57.9 Å². The Labute approximate surface area is 146 Å². The van der Waals surface area contributed by atoms with Crippen LogP contribution in [0.3, 0.4) is 0 Å². The molecule has 1 N–H and O–H groups in total. The van der Waals surface area contributed by atoms with Crippen molar-refractivity contribution in [3.05, 3.63) is 29.8 Å². The molecule has 0 spiro atoms. The Kier molecular flexibility index (Phi) is 5.14. The number of benzene rings is 1. The molecule has 2 amide bonds. The molecule has 1 aliphatic heterocycles. The van der Waals surface area contributed by atoms with Crippen molar-refractivity contribution in [3.63, 3.8) is 0 Å². The zero-order valence-corrected chi connectivity index (χ0v) is 15.3. The molecule has 1 aromatic rings. The summed E-state index contributed by atoms with van der Waals surface area (Å²) in [4.78, 5) is 17.0. The van der Waals surface area contributed by atoms with Crippen LogP contribution in [0.4, 0.5) is 10.5 Å². The average molecular weight is 329 g/mol. The highest BCUT2D eigenvalue weighted by Gasteiger charge is 2.27. The van der Waals surface area contributed by atoms with Crippen LogP contribution in [-0.2, 0) is 5.41 Å². The molecule has 0 bridgehead atoms. The van der Waals surface area contributed by atoms with Gasteiger partial charge in [-0.25, -0.2) is 4.79 Å². The van der Waals surface area contributed by atoms with E-state index in [0.717, 1.165) is 37.9 Å². The number of hydrogen-bond donors (Lipinski definition) is 1. The van der Waals surface area contributed by atoms with Gasteiger partial charge in [-0.1, -0.05) is 45.7 Å². The molecular weight excluding hydrogens is 298 g/mol. The monoisotopic (exact) mass is 329 g/mol. The highest BCUT2D eigenvalue weighted by molar-refractivity contribution is 5.89. The Balaban J connectivity index is 1.50. The molecule has 2 fully saturated rings. The molecule has 1 aliphatic carbocycles. The Morgan fingerprint density at radius 1 is 1.00 bits per heavy atom. The number of anilines is 1. The molecule has 2 aliphatic rings. The first kappa shape index (κ1) is 17.3. The van der Waals surface area contributed by atoms with Gasteiger partial charge in [-0.3, -0.25) is 4.90 Å². The lowest BCUT2D eigenvalue weighted by Crippen LogP contribution is -2.52. The second-order valence-corrected chi connectivity index (χ2v) is 8.22. The average Bonchev–Trinajstić information content (AvgIpc) is 3.09. The number of amides is 2. The van der Waals surface area contributed by atoms with Crippen LogP contribution >= 0.6 is 0 Å². The third kappa shape index (κ3) is 4.10. The largest absolute Gasteiger partial charge is 0.322 e. The van der Waals surface area contributed by atoms with E-state index in [1.807, 2.05) is 17.0 Å². The zero-order chi connectivity index (χ0) is 17.2. The Morgan fingerprint density at radius 3 is 2.12 bits per heavy atom. The van der Waals surface area contributed by atoms with Gasteiger partial charge in [-0.05, 0) is 36.0 Å². The highest BCUT2D eigenvalue weighted by Crippen LogP contribution is 2.25. The molecule has 1 aromatic carbocycles. The summed E-state index contributed by atoms with van der Waals surface area (Å²) in [6.07, 6.45) is 5.42. The quantitative estimate of drug-likeness (QED) is 0.887. The molecule has 0 unspecified atom stereocenters. The lowest BCUT2D eigenvalue weighted by molar-refractivity contribution is 0.115. The van der Waals surface area contributed by atoms with Crippen LogP contribution < -0.4 is 5.32 Å². The SMILES string of the molecule is CC(C)(C)c1ccc(NC(=O)N2CCN(C3CCCC3)CC2)cc1. The lowest BCUT2D eigenvalue weighted by atomic mass is 9.87. The van der Waals surface area contributed by atoms with Crippen molar-refractivity contribution in [3.8, 4) is 0 Å². The van der Waals surface area contributed by atoms with E-state index in [0.29, 0.717) is 0 Å². The molecule has 1 heterocycles. The Bertz CT molecular complexity index is 547. The normalized spacial score (nSPS) is 20.4. The summed E-state index contributed by atoms with van der Waals surface area (Å²) in [5, 5.41) is 3.04. The van der Waals surface area contributed by atoms with Crippen LogP contribution in [0.15, 0.2) is 24.3 Å². The van der Waals surface area contributed by atoms with Crippen molar-refractivity contribution in [1.29, 1.82) is 0 Å². The minimum atomic E-state index is 0.0320. The van der Waals surface area contributed by atoms with E-state index in [2.05, 4.69) is 43.1 Å². The topological polar surface area (TPSA) is 35.6 Å². The first-order valence-electron chi connectivity index (χ1n) is 9.34. The van der Waals surface area contributed by atoms with Gasteiger partial charge in [0.15, 0.2) is 0 Å². The maximum atomic E-state index is 12.5. The standard InChI is InChI=1S/C20H31N3O/c1-20(2,3)16-8-10-17(11-9-16)21-19(24)23-14-12-22(13-15-23)18-6-4-5-7-18/h8-11,18H,4-7,12-15H2,1-3H3,(H,21,24). The van der Waals surface area contributed by atoms with Crippen LogP contribution in [0, 0.1) is 0 Å². The number of urea groups is 1. The molecule has 3 rings (SSSR count). The predicted octanol–water partition coefficient (Wildman–Crippen LogP) is 4.08. The number of carbonyl (C=O) groups excluding carboxylic acids is 1. The number of carbonyl (C=O) groups is 1. The molecule has 4 heteroatoms. The molecule has 24 heavy (non-hydrogen) atoms. The maximum Gasteiger partial charge on any atom is 0.321 e. The summed E-state index contributed by atoms with van der Waals surface area (Å²) < 4.78 is 0. The fourth-order valence-corrected chi connectivity index (χ4v) is 3.82. The van der Waals surface area contributed by atoms with Gasteiger partial charge in [0, 0.05) is 37.9 Å². The molecule has 0 radical (unpaired) electrons. The lowest BCUT2D eigenvalue weighted by Gasteiger charge is -2.38. The summed E-state index contributed by atoms with van der Waals surface area (Å²) in [7, 11) is 0. The summed E-state index contributed by atoms with van der Waals surface area (Å²) in [6.45, 7) is 10.3. The van der Waals surface area contributed by atoms with E-state index < -0.39 is 0 Å². The second-order valence-electron chi connectivity index (χ2n) is 8.22. The fourth-order valence-electron chi connectivity index (χ4n) is 3.82. The summed E-state index contributed by atoms with van der Waals surface area (Å²) in [6, 6.07) is 9.02. The van der Waals surface area contributed by atoms with Crippen LogP contribution in [0.1, 0.15) is 52.0 Å². The van der Waals surface area contributed by atoms with Gasteiger partial charge in [-0.2, -0.15) is 0 Å². The minimum Gasteiger partial charge on any atom is -0.322 e. The molecule has 132 valence electrons. The van der Waals surface area contributed by atoms with E-state index >= 15 is 0 Å². The number of rotatable bonds is 2. The van der Waals surface area contributed by atoms with Crippen LogP contribution in [0.25, 0.3) is 0 Å². The third-order valence-corrected chi connectivity index (χ3v) is 5.44. The second kappa shape index (κ2) is 7.14. The maximum absolute atomic E-state index is 12.5. The molecular formula is C20H31N3O. The van der Waals surface area contributed by atoms with Gasteiger partial charge in [0.1, 0.15) is 0 Å². The predicted molar refractivity (Wildman–Crippen MR) is 99.6 cm³/mol. The van der Waals surface area contributed by atoms with Gasteiger partial charge in [-0.15, -0.1) is 0 Å². The van der Waals surface area contributed by atoms with Crippen molar-refractivity contribution in [1.82, 2.24) is 9.80 Å². The first-order chi connectivity index (χ1) is 11.4. The minimum absolute atomic E-state index is 0.0320. The first-order valence-corrected chi connectivity index (χ1v) is 9.34. The summed E-state index contributed by atoms with van der Waals surface area (Å²) >= 11 is 0. The zero-order valence-electron chi connectivity index (χ0n) is 15.3. The Hall–Kier alpha value is -1.55. The molecule has 0 atom stereocenters. The van der Waals surface area contributed by atoms with Gasteiger partial charge in [0.05, 0.1) is 0 Å². The third-order valence-electron chi connectivity index (χ3n) is 5.44. The summed E-state index contributed by atoms with van der Waals surface area (Å²) in [5.74, 6) is 0. The van der Waals surface area contributed by atoms with Crippen LogP contribution in [-0.4, -0.2) is 48.1 Å². The number of nitrogens with zero attached hydrogens (tertiary/aromatic N) is 2. The van der Waals surface area contributed by atoms with Crippen molar-refractivity contribution < 1.29 is 4.79 Å². The molecule has 1 saturated heterocycles. The number of hydrogen-bond acceptors (Lipinski definition) is 2. The Morgan fingerprint density at radius 2 is 1.58 bits per heavy atom. The van der Waals surface area contributed by atoms with E-state index in [9.17, 15) is 4.79 Å². The van der Waals surface area contributed by atoms with Crippen molar-refractivity contribution in [2.24, 2.45) is 0 Å². The molecule has 0 aromatic heterocycles. The van der Waals surface area contributed by atoms with E-state index in [1.54, 1.807) is 0 Å². The van der Waals surface area contributed by atoms with Crippen molar-refractivity contribution >= 4 is 11.7 Å². The fraction of sp³-hybridized carbons (Fsp3) is 0.650. The van der Waals surface area contributed by atoms with Gasteiger partial charge in [0.2, 0.25) is 0 Å². The van der Waals surface area contributed by atoms with Crippen LogP contribution in [0.5, 0.6) is 0 Å². The summed E-state index contributed by atoms with van der Waals surface area (Å²) in [5.41, 5.74) is 2.30. The molecule has 1 saturated carbocycles. The van der Waals surface area contributed by atoms with Gasteiger partial charge < -0.3 is 10.2 Å². The number of nitrogens with one attached hydrogen (secondary N) is 1. The van der Waals surface area contributed by atoms with E-state index in [1.165, 1.54) is 31.2 Å². The number of piperazine rings is 1. The molecule has 4 nitrogen and oxygen atoms in total. The smallest absolute Gasteiger partial charge is 0.321 e. The van der Waals surface area contributed by atoms with E-state index in [4.69, 9.17) is 0 Å². The van der Waals surface area contributed by atoms with Crippen LogP contribution in [0.2, 0.25) is 0 Å². The highest BCUT2D eigenvalue weighted by atomic mass is 16.2. The van der Waals surface area contributed by atoms with Crippen molar-refractivity contribution in [2.75, 3.05) is 31.5 Å².